The van der Waals surface area contributed by atoms with Crippen LogP contribution in [0.2, 0.25) is 0 Å². The Morgan fingerprint density at radius 2 is 1.14 bits per heavy atom. The van der Waals surface area contributed by atoms with E-state index in [9.17, 15) is 0 Å². The lowest BCUT2D eigenvalue weighted by Crippen LogP contribution is -2.27. The fourth-order valence-electron chi connectivity index (χ4n) is 7.42. The minimum absolute atomic E-state index is 0.0911. The Hall–Kier alpha value is -4.70. The highest BCUT2D eigenvalue weighted by molar-refractivity contribution is 7.68. The SMILES string of the molecule is C=CCOC(c1cc2c(cc1C(OCC=C)P1(=O)Oc3ccccc3-c3ccccc31)CC(C)C=C2)P1(=O)Oc2ccccc2-c2ccccc21. The van der Waals surface area contributed by atoms with E-state index in [4.69, 9.17) is 18.5 Å². The van der Waals surface area contributed by atoms with E-state index in [1.807, 2.05) is 109 Å². The third-order valence-corrected chi connectivity index (χ3v) is 14.8. The van der Waals surface area contributed by atoms with Crippen LogP contribution in [0.25, 0.3) is 28.3 Å². The van der Waals surface area contributed by atoms with Crippen molar-refractivity contribution in [3.05, 3.63) is 163 Å². The normalized spacial score (nSPS) is 22.0. The molecule has 0 radical (unpaired) electrons. The van der Waals surface area contributed by atoms with Crippen LogP contribution in [0, 0.1) is 5.92 Å². The van der Waals surface area contributed by atoms with Crippen LogP contribution in [-0.4, -0.2) is 13.2 Å². The summed E-state index contributed by atoms with van der Waals surface area (Å²) in [6.45, 7) is 10.2. The molecule has 8 rings (SSSR count). The summed E-state index contributed by atoms with van der Waals surface area (Å²) >= 11 is 0. The molecule has 8 heteroatoms. The molecule has 0 saturated heterocycles. The smallest absolute Gasteiger partial charge is 0.310 e. The summed E-state index contributed by atoms with van der Waals surface area (Å²) in [5.74, 6) is -0.925. The van der Waals surface area contributed by atoms with Crippen molar-refractivity contribution in [2.24, 2.45) is 5.92 Å². The standard InChI is InChI=1S/C43H38O6P2/c1-4-24-46-42(50(44)40-20-12-8-16-34(40)32-14-6-10-18-38(32)48-50)36-27-30-23-22-29(3)26-31(30)28-37(36)43(47-25-5-2)51(45)41-21-13-9-17-35(41)33-15-7-11-19-39(33)49-51/h4-23,27-29,42-43H,1-2,24-26H2,3H3. The lowest BCUT2D eigenvalue weighted by molar-refractivity contribution is 0.109. The Morgan fingerprint density at radius 1 is 0.686 bits per heavy atom. The van der Waals surface area contributed by atoms with E-state index in [0.717, 1.165) is 39.8 Å². The highest BCUT2D eigenvalue weighted by atomic mass is 31.2. The molecule has 0 N–H and O–H groups in total. The van der Waals surface area contributed by atoms with Gasteiger partial charge in [-0.05, 0) is 76.1 Å². The molecule has 6 nitrogen and oxygen atoms in total. The molecule has 0 bridgehead atoms. The average Bonchev–Trinajstić information content (AvgIpc) is 3.15. The summed E-state index contributed by atoms with van der Waals surface area (Å²) < 4.78 is 58.3. The van der Waals surface area contributed by atoms with Crippen LogP contribution < -0.4 is 19.7 Å². The van der Waals surface area contributed by atoms with Crippen LogP contribution in [0.1, 0.15) is 40.9 Å². The predicted octanol–water partition coefficient (Wildman–Crippen LogP) is 10.6. The number of hydrogen-bond donors (Lipinski definition) is 0. The first-order chi connectivity index (χ1) is 24.9. The van der Waals surface area contributed by atoms with Crippen molar-refractivity contribution in [3.63, 3.8) is 0 Å². The van der Waals surface area contributed by atoms with Gasteiger partial charge in [-0.3, -0.25) is 9.13 Å². The van der Waals surface area contributed by atoms with Crippen molar-refractivity contribution in [1.82, 2.24) is 0 Å². The zero-order chi connectivity index (χ0) is 35.2. The third-order valence-electron chi connectivity index (χ3n) is 9.69. The summed E-state index contributed by atoms with van der Waals surface area (Å²) in [4.78, 5) is 0. The Morgan fingerprint density at radius 3 is 1.65 bits per heavy atom. The van der Waals surface area contributed by atoms with Crippen molar-refractivity contribution in [2.45, 2.75) is 25.0 Å². The lowest BCUT2D eigenvalue weighted by Gasteiger charge is -2.38. The van der Waals surface area contributed by atoms with E-state index >= 15 is 9.13 Å². The first kappa shape index (κ1) is 33.4. The summed E-state index contributed by atoms with van der Waals surface area (Å²) in [5, 5.41) is 1.10. The van der Waals surface area contributed by atoms with Crippen molar-refractivity contribution < 1.29 is 27.7 Å². The van der Waals surface area contributed by atoms with E-state index in [1.54, 1.807) is 12.2 Å². The Bertz CT molecular complexity index is 2310. The number of allylic oxidation sites excluding steroid dienone is 1. The van der Waals surface area contributed by atoms with Crippen molar-refractivity contribution in [3.8, 4) is 33.8 Å². The number of fused-ring (bicyclic) bond motifs is 7. The number of hydrogen-bond acceptors (Lipinski definition) is 6. The highest BCUT2D eigenvalue weighted by Gasteiger charge is 2.50. The van der Waals surface area contributed by atoms with Gasteiger partial charge in [0.25, 0.3) is 0 Å². The van der Waals surface area contributed by atoms with Gasteiger partial charge >= 0.3 is 14.7 Å². The molecule has 3 aliphatic rings. The monoisotopic (exact) mass is 712 g/mol. The van der Waals surface area contributed by atoms with Gasteiger partial charge in [-0.1, -0.05) is 110 Å². The first-order valence-electron chi connectivity index (χ1n) is 17.1. The molecule has 5 aromatic carbocycles. The molecule has 5 unspecified atom stereocenters. The molecule has 1 aliphatic carbocycles. The molecule has 0 spiro atoms. The van der Waals surface area contributed by atoms with Gasteiger partial charge < -0.3 is 18.5 Å². The number of ether oxygens (including phenoxy) is 2. The maximum Gasteiger partial charge on any atom is 0.310 e. The van der Waals surface area contributed by atoms with Crippen LogP contribution in [0.3, 0.4) is 0 Å². The zero-order valence-corrected chi connectivity index (χ0v) is 30.1. The summed E-state index contributed by atoms with van der Waals surface area (Å²) in [6.07, 6.45) is 8.29. The average molecular weight is 713 g/mol. The van der Waals surface area contributed by atoms with E-state index < -0.39 is 26.4 Å². The minimum atomic E-state index is -3.92. The summed E-state index contributed by atoms with van der Waals surface area (Å²) in [7, 11) is -7.84. The Balaban J connectivity index is 1.39. The van der Waals surface area contributed by atoms with Gasteiger partial charge in [0.15, 0.2) is 11.7 Å². The van der Waals surface area contributed by atoms with E-state index in [-0.39, 0.29) is 19.1 Å². The minimum Gasteiger partial charge on any atom is -0.437 e. The van der Waals surface area contributed by atoms with Gasteiger partial charge in [0, 0.05) is 11.1 Å². The van der Waals surface area contributed by atoms with Gasteiger partial charge in [-0.25, -0.2) is 0 Å². The van der Waals surface area contributed by atoms with E-state index in [1.165, 1.54) is 0 Å². The van der Waals surface area contributed by atoms with Crippen molar-refractivity contribution >= 4 is 31.4 Å². The van der Waals surface area contributed by atoms with E-state index in [2.05, 4.69) is 32.2 Å². The van der Waals surface area contributed by atoms with Crippen LogP contribution in [0.5, 0.6) is 11.5 Å². The highest BCUT2D eigenvalue weighted by Crippen LogP contribution is 2.68. The Labute approximate surface area is 299 Å². The topological polar surface area (TPSA) is 71.1 Å². The molecule has 5 aromatic rings. The van der Waals surface area contributed by atoms with Gasteiger partial charge in [-0.15, -0.1) is 13.2 Å². The molecule has 0 fully saturated rings. The van der Waals surface area contributed by atoms with Gasteiger partial charge in [0.2, 0.25) is 0 Å². The molecule has 0 saturated carbocycles. The third kappa shape index (κ3) is 5.68. The first-order valence-corrected chi connectivity index (χ1v) is 20.5. The number of rotatable bonds is 10. The van der Waals surface area contributed by atoms with Gasteiger partial charge in [0.05, 0.1) is 23.8 Å². The van der Waals surface area contributed by atoms with Gasteiger partial charge in [-0.2, -0.15) is 0 Å². The van der Waals surface area contributed by atoms with E-state index in [0.29, 0.717) is 33.2 Å². The molecule has 256 valence electrons. The molecule has 0 amide bonds. The molecule has 51 heavy (non-hydrogen) atoms. The van der Waals surface area contributed by atoms with Crippen LogP contribution in [0.4, 0.5) is 0 Å². The number of benzene rings is 5. The Kier molecular flexibility index (Phi) is 8.82. The fourth-order valence-corrected chi connectivity index (χ4v) is 12.6. The second-order valence-corrected chi connectivity index (χ2v) is 17.7. The van der Waals surface area contributed by atoms with Crippen molar-refractivity contribution in [1.29, 1.82) is 0 Å². The quantitative estimate of drug-likeness (QED) is 0.106. The molecule has 5 atom stereocenters. The van der Waals surface area contributed by atoms with Crippen LogP contribution in [-0.2, 0) is 25.0 Å². The molecular weight excluding hydrogens is 674 g/mol. The second-order valence-electron chi connectivity index (χ2n) is 13.1. The van der Waals surface area contributed by atoms with Crippen LogP contribution in [0.15, 0.2) is 141 Å². The van der Waals surface area contributed by atoms with Crippen molar-refractivity contribution in [2.75, 3.05) is 13.2 Å². The fraction of sp³-hybridized carbons (Fsp3) is 0.163. The molecular formula is C43H38O6P2. The number of para-hydroxylation sites is 2. The predicted molar refractivity (Wildman–Crippen MR) is 206 cm³/mol. The maximum atomic E-state index is 15.9. The second kappa shape index (κ2) is 13.5. The molecule has 2 aliphatic heterocycles. The lowest BCUT2D eigenvalue weighted by atomic mass is 9.88. The summed E-state index contributed by atoms with van der Waals surface area (Å²) in [5.41, 5.74) is 6.49. The van der Waals surface area contributed by atoms with Gasteiger partial charge in [0.1, 0.15) is 11.5 Å². The van der Waals surface area contributed by atoms with Crippen LogP contribution >= 0.6 is 14.7 Å². The maximum absolute atomic E-state index is 15.9. The summed E-state index contributed by atoms with van der Waals surface area (Å²) in [6, 6.07) is 34.5. The largest absolute Gasteiger partial charge is 0.437 e. The molecule has 0 aromatic heterocycles. The molecule has 2 heterocycles. The zero-order valence-electron chi connectivity index (χ0n) is 28.3.